The summed E-state index contributed by atoms with van der Waals surface area (Å²) in [6.45, 7) is 4.07. The van der Waals surface area contributed by atoms with Crippen molar-refractivity contribution in [1.82, 2.24) is 0 Å². The van der Waals surface area contributed by atoms with Crippen molar-refractivity contribution in [3.8, 4) is 5.75 Å². The van der Waals surface area contributed by atoms with Crippen LogP contribution >= 0.6 is 0 Å². The highest BCUT2D eigenvalue weighted by Gasteiger charge is 2.12. The number of ether oxygens (including phenoxy) is 1. The van der Waals surface area contributed by atoms with Gasteiger partial charge in [0, 0.05) is 18.7 Å². The first kappa shape index (κ1) is 13.6. The van der Waals surface area contributed by atoms with E-state index in [1.54, 1.807) is 0 Å². The number of aliphatic hydroxyl groups excluding tert-OH is 1. The molecule has 1 aromatic rings. The molecule has 0 saturated heterocycles. The lowest BCUT2D eigenvalue weighted by molar-refractivity contribution is 0.138. The van der Waals surface area contributed by atoms with Crippen LogP contribution in [-0.4, -0.2) is 24.9 Å². The molecular formula is C12H19FN2O2. The smallest absolute Gasteiger partial charge is 0.148 e. The molecule has 0 aliphatic heterocycles. The van der Waals surface area contributed by atoms with Gasteiger partial charge in [-0.05, 0) is 5.92 Å². The van der Waals surface area contributed by atoms with Gasteiger partial charge in [0.25, 0.3) is 0 Å². The van der Waals surface area contributed by atoms with E-state index in [2.05, 4.69) is 5.32 Å². The van der Waals surface area contributed by atoms with Crippen LogP contribution in [0.4, 0.5) is 15.8 Å². The van der Waals surface area contributed by atoms with Crippen molar-refractivity contribution < 1.29 is 14.2 Å². The summed E-state index contributed by atoms with van der Waals surface area (Å²) in [5.74, 6) is 0.0634. The van der Waals surface area contributed by atoms with Crippen molar-refractivity contribution in [2.24, 2.45) is 5.92 Å². The largest absolute Gasteiger partial charge is 0.495 e. The zero-order valence-electron chi connectivity index (χ0n) is 10.3. The number of hydrogen-bond donors (Lipinski definition) is 3. The average molecular weight is 242 g/mol. The monoisotopic (exact) mass is 242 g/mol. The molecule has 0 fully saturated rings. The van der Waals surface area contributed by atoms with Gasteiger partial charge in [-0.15, -0.1) is 0 Å². The number of hydrogen-bond acceptors (Lipinski definition) is 4. The van der Waals surface area contributed by atoms with Gasteiger partial charge < -0.3 is 20.9 Å². The van der Waals surface area contributed by atoms with Crippen LogP contribution in [0, 0.1) is 11.7 Å². The fraction of sp³-hybridized carbons (Fsp3) is 0.500. The van der Waals surface area contributed by atoms with E-state index in [1.807, 2.05) is 13.8 Å². The highest BCUT2D eigenvalue weighted by molar-refractivity contribution is 5.62. The molecule has 1 aromatic carbocycles. The molecule has 0 aliphatic carbocycles. The van der Waals surface area contributed by atoms with Crippen molar-refractivity contribution >= 4 is 11.4 Å². The maximum atomic E-state index is 13.5. The van der Waals surface area contributed by atoms with Crippen molar-refractivity contribution in [1.29, 1.82) is 0 Å². The van der Waals surface area contributed by atoms with E-state index in [0.717, 1.165) is 0 Å². The van der Waals surface area contributed by atoms with Gasteiger partial charge in [-0.1, -0.05) is 13.8 Å². The maximum absolute atomic E-state index is 13.5. The first-order chi connectivity index (χ1) is 7.95. The lowest BCUT2D eigenvalue weighted by Crippen LogP contribution is -2.25. The van der Waals surface area contributed by atoms with Crippen LogP contribution in [0.1, 0.15) is 13.8 Å². The third-order valence-electron chi connectivity index (χ3n) is 2.59. The average Bonchev–Trinajstić information content (AvgIpc) is 2.27. The van der Waals surface area contributed by atoms with E-state index in [9.17, 15) is 9.50 Å². The minimum absolute atomic E-state index is 0.112. The number of benzene rings is 1. The molecule has 0 saturated carbocycles. The van der Waals surface area contributed by atoms with E-state index in [-0.39, 0.29) is 23.8 Å². The molecule has 0 amide bonds. The van der Waals surface area contributed by atoms with Crippen molar-refractivity contribution in [2.45, 2.75) is 20.0 Å². The van der Waals surface area contributed by atoms with Crippen LogP contribution in [0.25, 0.3) is 0 Å². The minimum Gasteiger partial charge on any atom is -0.495 e. The Hall–Kier alpha value is -1.49. The summed E-state index contributed by atoms with van der Waals surface area (Å²) < 4.78 is 18.5. The number of nitrogens with one attached hydrogen (secondary N) is 1. The van der Waals surface area contributed by atoms with Gasteiger partial charge >= 0.3 is 0 Å². The summed E-state index contributed by atoms with van der Waals surface area (Å²) in [7, 11) is 1.47. The second kappa shape index (κ2) is 5.72. The van der Waals surface area contributed by atoms with E-state index >= 15 is 0 Å². The van der Waals surface area contributed by atoms with E-state index in [0.29, 0.717) is 5.75 Å². The summed E-state index contributed by atoms with van der Waals surface area (Å²) in [5, 5.41) is 12.5. The zero-order chi connectivity index (χ0) is 13.0. The zero-order valence-corrected chi connectivity index (χ0v) is 10.3. The second-order valence-corrected chi connectivity index (χ2v) is 4.27. The first-order valence-electron chi connectivity index (χ1n) is 5.50. The lowest BCUT2D eigenvalue weighted by Gasteiger charge is -2.17. The molecule has 0 aromatic heterocycles. The van der Waals surface area contributed by atoms with Crippen LogP contribution in [0.5, 0.6) is 5.75 Å². The molecule has 0 heterocycles. The van der Waals surface area contributed by atoms with Gasteiger partial charge in [0.05, 0.1) is 24.6 Å². The Balaban J connectivity index is 2.77. The van der Waals surface area contributed by atoms with Gasteiger partial charge in [0.2, 0.25) is 0 Å². The predicted octanol–water partition coefficient (Wildman–Crippen LogP) is 1.85. The molecule has 96 valence electrons. The van der Waals surface area contributed by atoms with Crippen LogP contribution in [0.3, 0.4) is 0 Å². The fourth-order valence-corrected chi connectivity index (χ4v) is 1.33. The number of methoxy groups -OCH3 is 1. The highest BCUT2D eigenvalue weighted by atomic mass is 19.1. The van der Waals surface area contributed by atoms with Crippen molar-refractivity contribution in [3.05, 3.63) is 17.9 Å². The molecule has 17 heavy (non-hydrogen) atoms. The summed E-state index contributed by atoms with van der Waals surface area (Å²) in [6.07, 6.45) is -0.530. The molecule has 1 atom stereocenters. The van der Waals surface area contributed by atoms with E-state index in [4.69, 9.17) is 10.5 Å². The summed E-state index contributed by atoms with van der Waals surface area (Å²) in [4.78, 5) is 0. The van der Waals surface area contributed by atoms with Crippen molar-refractivity contribution in [2.75, 3.05) is 24.7 Å². The number of nitrogen functional groups attached to an aromatic ring is 1. The number of halogens is 1. The molecule has 1 rings (SSSR count). The normalized spacial score (nSPS) is 12.6. The van der Waals surface area contributed by atoms with Gasteiger partial charge in [-0.2, -0.15) is 0 Å². The molecule has 0 spiro atoms. The summed E-state index contributed by atoms with van der Waals surface area (Å²) in [6, 6.07) is 2.68. The first-order valence-corrected chi connectivity index (χ1v) is 5.50. The topological polar surface area (TPSA) is 67.5 Å². The molecule has 5 heteroatoms. The molecule has 4 nitrogen and oxygen atoms in total. The highest BCUT2D eigenvalue weighted by Crippen LogP contribution is 2.28. The number of nitrogens with two attached hydrogens (primary N) is 1. The standard InChI is InChI=1S/C12H19FN2O2/c1-7(2)11(16)6-15-10-5-12(17-3)9(14)4-8(10)13/h4-5,7,11,15-16H,6,14H2,1-3H3. The van der Waals surface area contributed by atoms with Gasteiger partial charge in [0.1, 0.15) is 11.6 Å². The third kappa shape index (κ3) is 3.49. The third-order valence-corrected chi connectivity index (χ3v) is 2.59. The number of rotatable bonds is 5. The predicted molar refractivity (Wildman–Crippen MR) is 66.7 cm³/mol. The Morgan fingerprint density at radius 3 is 2.65 bits per heavy atom. The quantitative estimate of drug-likeness (QED) is 0.689. The van der Waals surface area contributed by atoms with Crippen molar-refractivity contribution in [3.63, 3.8) is 0 Å². The molecule has 4 N–H and O–H groups in total. The number of anilines is 2. The molecule has 0 aliphatic rings. The van der Waals surface area contributed by atoms with Gasteiger partial charge in [-0.25, -0.2) is 4.39 Å². The lowest BCUT2D eigenvalue weighted by atomic mass is 10.1. The van der Waals surface area contributed by atoms with Gasteiger partial charge in [0.15, 0.2) is 0 Å². The van der Waals surface area contributed by atoms with Gasteiger partial charge in [-0.3, -0.25) is 0 Å². The molecule has 0 bridgehead atoms. The number of aliphatic hydroxyl groups is 1. The Kier molecular flexibility index (Phi) is 4.57. The molecule has 1 unspecified atom stereocenters. The molecule has 0 radical (unpaired) electrons. The Bertz CT molecular complexity index is 383. The Labute approximate surface area is 101 Å². The minimum atomic E-state index is -0.530. The van der Waals surface area contributed by atoms with E-state index in [1.165, 1.54) is 19.2 Å². The fourth-order valence-electron chi connectivity index (χ4n) is 1.33. The van der Waals surface area contributed by atoms with Crippen LogP contribution in [-0.2, 0) is 0 Å². The van der Waals surface area contributed by atoms with Crippen LogP contribution < -0.4 is 15.8 Å². The van der Waals surface area contributed by atoms with Crippen LogP contribution in [0.2, 0.25) is 0 Å². The molecular weight excluding hydrogens is 223 g/mol. The summed E-state index contributed by atoms with van der Waals surface area (Å²) in [5.41, 5.74) is 6.09. The Morgan fingerprint density at radius 1 is 1.47 bits per heavy atom. The maximum Gasteiger partial charge on any atom is 0.148 e. The Morgan fingerprint density at radius 2 is 2.12 bits per heavy atom. The SMILES string of the molecule is COc1cc(NCC(O)C(C)C)c(F)cc1N. The van der Waals surface area contributed by atoms with E-state index < -0.39 is 11.9 Å². The summed E-state index contributed by atoms with van der Waals surface area (Å²) >= 11 is 0. The van der Waals surface area contributed by atoms with Crippen LogP contribution in [0.15, 0.2) is 12.1 Å². The second-order valence-electron chi connectivity index (χ2n) is 4.27.